The number of hydrogen-bond donors (Lipinski definition) is 1. The van der Waals surface area contributed by atoms with Crippen LogP contribution < -0.4 is 5.32 Å². The number of aromatic nitrogens is 3. The quantitative estimate of drug-likeness (QED) is 0.816. The van der Waals surface area contributed by atoms with Gasteiger partial charge in [-0.25, -0.2) is 0 Å². The van der Waals surface area contributed by atoms with Crippen LogP contribution in [0.15, 0.2) is 0 Å². The Morgan fingerprint density at radius 2 is 2.20 bits per heavy atom. The van der Waals surface area contributed by atoms with Crippen molar-refractivity contribution >= 4 is 0 Å². The maximum absolute atomic E-state index is 4.15. The van der Waals surface area contributed by atoms with Crippen LogP contribution in [0.1, 0.15) is 37.8 Å². The standard InChI is InChI=1S/C11H20N4/c1-8-5-4-6-10(8)12-7-11-14-13-9(2)15(11)3/h8,10,12H,4-7H2,1-3H3. The average molecular weight is 208 g/mol. The summed E-state index contributed by atoms with van der Waals surface area (Å²) in [7, 11) is 2.02. The molecule has 4 heteroatoms. The van der Waals surface area contributed by atoms with Gasteiger partial charge in [-0.05, 0) is 25.7 Å². The highest BCUT2D eigenvalue weighted by atomic mass is 15.3. The fourth-order valence-electron chi connectivity index (χ4n) is 2.28. The summed E-state index contributed by atoms with van der Waals surface area (Å²) in [5, 5.41) is 11.8. The van der Waals surface area contributed by atoms with Crippen molar-refractivity contribution in [3.8, 4) is 0 Å². The first kappa shape index (κ1) is 10.6. The first-order valence-corrected chi connectivity index (χ1v) is 5.76. The average Bonchev–Trinajstić information content (AvgIpc) is 2.74. The molecule has 0 bridgehead atoms. The largest absolute Gasteiger partial charge is 0.317 e. The SMILES string of the molecule is Cc1nnc(CNC2CCCC2C)n1C. The molecule has 0 spiro atoms. The Balaban J connectivity index is 1.90. The number of nitrogens with one attached hydrogen (secondary N) is 1. The molecule has 1 aromatic heterocycles. The second-order valence-corrected chi connectivity index (χ2v) is 4.62. The molecule has 0 aromatic carbocycles. The molecular weight excluding hydrogens is 188 g/mol. The van der Waals surface area contributed by atoms with Gasteiger partial charge >= 0.3 is 0 Å². The van der Waals surface area contributed by atoms with E-state index in [1.165, 1.54) is 19.3 Å². The van der Waals surface area contributed by atoms with E-state index >= 15 is 0 Å². The van der Waals surface area contributed by atoms with Gasteiger partial charge in [-0.15, -0.1) is 10.2 Å². The summed E-state index contributed by atoms with van der Waals surface area (Å²) >= 11 is 0. The molecular formula is C11H20N4. The van der Waals surface area contributed by atoms with Crippen molar-refractivity contribution < 1.29 is 0 Å². The van der Waals surface area contributed by atoms with Crippen molar-refractivity contribution in [3.05, 3.63) is 11.6 Å². The van der Waals surface area contributed by atoms with Gasteiger partial charge in [-0.3, -0.25) is 0 Å². The van der Waals surface area contributed by atoms with Crippen molar-refractivity contribution in [2.45, 2.75) is 45.7 Å². The summed E-state index contributed by atoms with van der Waals surface area (Å²) in [5.41, 5.74) is 0. The van der Waals surface area contributed by atoms with Gasteiger partial charge in [0.15, 0.2) is 0 Å². The number of rotatable bonds is 3. The second-order valence-electron chi connectivity index (χ2n) is 4.62. The van der Waals surface area contributed by atoms with Gasteiger partial charge in [0.1, 0.15) is 11.6 Å². The van der Waals surface area contributed by atoms with Crippen LogP contribution >= 0.6 is 0 Å². The van der Waals surface area contributed by atoms with E-state index in [2.05, 4.69) is 22.4 Å². The lowest BCUT2D eigenvalue weighted by Gasteiger charge is -2.16. The van der Waals surface area contributed by atoms with Crippen LogP contribution in [0.4, 0.5) is 0 Å². The zero-order chi connectivity index (χ0) is 10.8. The molecule has 1 fully saturated rings. The van der Waals surface area contributed by atoms with Gasteiger partial charge in [0.25, 0.3) is 0 Å². The highest BCUT2D eigenvalue weighted by Gasteiger charge is 2.22. The molecule has 0 radical (unpaired) electrons. The molecule has 1 aliphatic carbocycles. The van der Waals surface area contributed by atoms with Gasteiger partial charge in [0, 0.05) is 13.1 Å². The Morgan fingerprint density at radius 3 is 2.73 bits per heavy atom. The van der Waals surface area contributed by atoms with Crippen LogP contribution in [0.2, 0.25) is 0 Å². The summed E-state index contributed by atoms with van der Waals surface area (Å²) in [6, 6.07) is 0.669. The highest BCUT2D eigenvalue weighted by molar-refractivity contribution is 4.93. The lowest BCUT2D eigenvalue weighted by Crippen LogP contribution is -2.31. The Bertz CT molecular complexity index is 331. The Morgan fingerprint density at radius 1 is 1.40 bits per heavy atom. The van der Waals surface area contributed by atoms with Gasteiger partial charge in [0.2, 0.25) is 0 Å². The third-order valence-electron chi connectivity index (χ3n) is 3.57. The molecule has 84 valence electrons. The molecule has 4 nitrogen and oxygen atoms in total. The summed E-state index contributed by atoms with van der Waals surface area (Å²) < 4.78 is 2.05. The first-order valence-electron chi connectivity index (χ1n) is 5.76. The van der Waals surface area contributed by atoms with Crippen LogP contribution in [0.3, 0.4) is 0 Å². The van der Waals surface area contributed by atoms with E-state index < -0.39 is 0 Å². The van der Waals surface area contributed by atoms with Crippen LogP contribution in [-0.2, 0) is 13.6 Å². The number of aryl methyl sites for hydroxylation is 1. The molecule has 2 unspecified atom stereocenters. The molecule has 1 aromatic rings. The van der Waals surface area contributed by atoms with Crippen LogP contribution in [0.5, 0.6) is 0 Å². The molecule has 2 rings (SSSR count). The molecule has 0 amide bonds. The minimum Gasteiger partial charge on any atom is -0.317 e. The minimum absolute atomic E-state index is 0.669. The zero-order valence-corrected chi connectivity index (χ0v) is 9.82. The summed E-state index contributed by atoms with van der Waals surface area (Å²) in [6.07, 6.45) is 4.02. The van der Waals surface area contributed by atoms with E-state index in [4.69, 9.17) is 0 Å². The van der Waals surface area contributed by atoms with Gasteiger partial charge in [-0.2, -0.15) is 0 Å². The summed E-state index contributed by atoms with van der Waals surface area (Å²) in [6.45, 7) is 5.15. The van der Waals surface area contributed by atoms with E-state index in [-0.39, 0.29) is 0 Å². The fourth-order valence-corrected chi connectivity index (χ4v) is 2.28. The number of hydrogen-bond acceptors (Lipinski definition) is 3. The van der Waals surface area contributed by atoms with Crippen LogP contribution in [-0.4, -0.2) is 20.8 Å². The fraction of sp³-hybridized carbons (Fsp3) is 0.818. The lowest BCUT2D eigenvalue weighted by atomic mass is 10.1. The van der Waals surface area contributed by atoms with E-state index in [1.54, 1.807) is 0 Å². The lowest BCUT2D eigenvalue weighted by molar-refractivity contribution is 0.418. The van der Waals surface area contributed by atoms with Gasteiger partial charge in [-0.1, -0.05) is 13.3 Å². The topological polar surface area (TPSA) is 42.7 Å². The number of nitrogens with zero attached hydrogens (tertiary/aromatic N) is 3. The molecule has 1 N–H and O–H groups in total. The molecule has 1 heterocycles. The first-order chi connectivity index (χ1) is 7.18. The van der Waals surface area contributed by atoms with Crippen molar-refractivity contribution in [1.29, 1.82) is 0 Å². The molecule has 1 saturated carbocycles. The van der Waals surface area contributed by atoms with Gasteiger partial charge in [0.05, 0.1) is 6.54 Å². The zero-order valence-electron chi connectivity index (χ0n) is 9.82. The maximum Gasteiger partial charge on any atom is 0.146 e. The predicted molar refractivity (Wildman–Crippen MR) is 59.4 cm³/mol. The molecule has 2 atom stereocenters. The smallest absolute Gasteiger partial charge is 0.146 e. The second kappa shape index (κ2) is 4.31. The van der Waals surface area contributed by atoms with Crippen molar-refractivity contribution in [2.75, 3.05) is 0 Å². The van der Waals surface area contributed by atoms with E-state index in [9.17, 15) is 0 Å². The molecule has 0 saturated heterocycles. The van der Waals surface area contributed by atoms with Crippen LogP contribution in [0, 0.1) is 12.8 Å². The van der Waals surface area contributed by atoms with Crippen LogP contribution in [0.25, 0.3) is 0 Å². The molecule has 15 heavy (non-hydrogen) atoms. The monoisotopic (exact) mass is 208 g/mol. The molecule has 0 aliphatic heterocycles. The molecule has 1 aliphatic rings. The van der Waals surface area contributed by atoms with Crippen molar-refractivity contribution in [1.82, 2.24) is 20.1 Å². The van der Waals surface area contributed by atoms with Crippen molar-refractivity contribution in [2.24, 2.45) is 13.0 Å². The summed E-state index contributed by atoms with van der Waals surface area (Å²) in [5.74, 6) is 2.82. The van der Waals surface area contributed by atoms with E-state index in [0.717, 1.165) is 24.1 Å². The Labute approximate surface area is 91.1 Å². The maximum atomic E-state index is 4.15. The summed E-state index contributed by atoms with van der Waals surface area (Å²) in [4.78, 5) is 0. The van der Waals surface area contributed by atoms with E-state index in [1.807, 2.05) is 18.5 Å². The third kappa shape index (κ3) is 2.20. The predicted octanol–water partition coefficient (Wildman–Crippen LogP) is 1.40. The van der Waals surface area contributed by atoms with Gasteiger partial charge < -0.3 is 9.88 Å². The Hall–Kier alpha value is -0.900. The minimum atomic E-state index is 0.669. The van der Waals surface area contributed by atoms with E-state index in [0.29, 0.717) is 6.04 Å². The normalized spacial score (nSPS) is 26.1. The van der Waals surface area contributed by atoms with Crippen molar-refractivity contribution in [3.63, 3.8) is 0 Å². The third-order valence-corrected chi connectivity index (χ3v) is 3.57. The Kier molecular flexibility index (Phi) is 3.05. The highest BCUT2D eigenvalue weighted by Crippen LogP contribution is 2.24.